The number of carbonyl (C=O) groups is 3. The highest BCUT2D eigenvalue weighted by Crippen LogP contribution is 2.22. The van der Waals surface area contributed by atoms with Crippen LogP contribution in [0.25, 0.3) is 10.8 Å². The molecule has 2 aromatic carbocycles. The largest absolute Gasteiger partial charge is 0.465 e. The summed E-state index contributed by atoms with van der Waals surface area (Å²) in [6.45, 7) is 0. The molecule has 1 aromatic heterocycles. The first kappa shape index (κ1) is 19.2. The lowest BCUT2D eigenvalue weighted by molar-refractivity contribution is 0.0587. The molecule has 3 rings (SSSR count). The molecule has 0 bridgehead atoms. The van der Waals surface area contributed by atoms with Gasteiger partial charge >= 0.3 is 11.9 Å². The Morgan fingerprint density at radius 2 is 1.64 bits per heavy atom. The van der Waals surface area contributed by atoms with Crippen LogP contribution in [0.4, 0.5) is 5.69 Å². The van der Waals surface area contributed by atoms with Crippen LogP contribution in [-0.4, -0.2) is 32.1 Å². The number of fused-ring (bicyclic) bond motifs is 1. The average Bonchev–Trinajstić information content (AvgIpc) is 2.72. The lowest BCUT2D eigenvalue weighted by Crippen LogP contribution is -2.17. The number of hydrogen-bond donors (Lipinski definition) is 1. The van der Waals surface area contributed by atoms with Crippen LogP contribution < -0.4 is 10.1 Å². The summed E-state index contributed by atoms with van der Waals surface area (Å²) in [5, 5.41) is 3.73. The Hall–Kier alpha value is -3.52. The van der Waals surface area contributed by atoms with E-state index in [9.17, 15) is 19.2 Å². The summed E-state index contributed by atoms with van der Waals surface area (Å²) >= 11 is 0.794. The van der Waals surface area contributed by atoms with E-state index in [0.717, 1.165) is 11.3 Å². The zero-order valence-corrected chi connectivity index (χ0v) is 15.8. The topological polar surface area (TPSA) is 98.8 Å². The number of carbonyl (C=O) groups excluding carboxylic acids is 3. The maximum Gasteiger partial charge on any atom is 0.339 e. The number of amides is 1. The van der Waals surface area contributed by atoms with E-state index in [2.05, 4.69) is 10.1 Å². The molecule has 8 heteroatoms. The fraction of sp³-hybridized carbons (Fsp3) is 0.100. The molecule has 0 aliphatic carbocycles. The number of benzene rings is 2. The molecule has 1 heterocycles. The number of anilines is 1. The van der Waals surface area contributed by atoms with Crippen LogP contribution in [-0.2, 0) is 9.47 Å². The van der Waals surface area contributed by atoms with Crippen LogP contribution >= 0.6 is 11.3 Å². The lowest BCUT2D eigenvalue weighted by atomic mass is 10.1. The molecule has 0 atom stereocenters. The number of methoxy groups -OCH3 is 2. The molecule has 142 valence electrons. The van der Waals surface area contributed by atoms with E-state index in [1.54, 1.807) is 30.3 Å². The van der Waals surface area contributed by atoms with Crippen LogP contribution in [0.15, 0.2) is 53.3 Å². The molecule has 0 saturated carbocycles. The van der Waals surface area contributed by atoms with Crippen molar-refractivity contribution in [2.24, 2.45) is 0 Å². The van der Waals surface area contributed by atoms with Gasteiger partial charge in [-0.15, -0.1) is 0 Å². The Morgan fingerprint density at radius 1 is 0.929 bits per heavy atom. The highest BCUT2D eigenvalue weighted by atomic mass is 32.1. The number of ether oxygens (including phenoxy) is 2. The molecule has 7 nitrogen and oxygen atoms in total. The van der Waals surface area contributed by atoms with Crippen LogP contribution in [0.1, 0.15) is 30.4 Å². The predicted molar refractivity (Wildman–Crippen MR) is 105 cm³/mol. The van der Waals surface area contributed by atoms with E-state index in [1.807, 2.05) is 0 Å². The van der Waals surface area contributed by atoms with Crippen molar-refractivity contribution in [2.75, 3.05) is 19.5 Å². The monoisotopic (exact) mass is 397 g/mol. The SMILES string of the molecule is COC(=O)c1ccc(C(=O)OC)c(NC(=O)c2cc3ccccc3c(=O)s2)c1. The summed E-state index contributed by atoms with van der Waals surface area (Å²) in [4.78, 5) is 48.9. The minimum Gasteiger partial charge on any atom is -0.465 e. The summed E-state index contributed by atoms with van der Waals surface area (Å²) in [7, 11) is 2.43. The van der Waals surface area contributed by atoms with Crippen molar-refractivity contribution in [3.8, 4) is 0 Å². The fourth-order valence-electron chi connectivity index (χ4n) is 2.61. The molecule has 0 unspecified atom stereocenters. The van der Waals surface area contributed by atoms with E-state index in [1.165, 1.54) is 32.4 Å². The van der Waals surface area contributed by atoms with Gasteiger partial charge in [0.25, 0.3) is 5.91 Å². The Morgan fingerprint density at radius 3 is 2.36 bits per heavy atom. The van der Waals surface area contributed by atoms with Gasteiger partial charge < -0.3 is 14.8 Å². The normalized spacial score (nSPS) is 10.4. The maximum atomic E-state index is 12.7. The summed E-state index contributed by atoms with van der Waals surface area (Å²) < 4.78 is 9.13. The van der Waals surface area contributed by atoms with Gasteiger partial charge in [-0.25, -0.2) is 9.59 Å². The number of hydrogen-bond acceptors (Lipinski definition) is 7. The van der Waals surface area contributed by atoms with E-state index in [4.69, 9.17) is 4.74 Å². The molecular formula is C20H15NO6S. The van der Waals surface area contributed by atoms with Gasteiger partial charge in [0.1, 0.15) is 0 Å². The zero-order valence-electron chi connectivity index (χ0n) is 15.0. The van der Waals surface area contributed by atoms with Crippen LogP contribution in [0.2, 0.25) is 0 Å². The van der Waals surface area contributed by atoms with Crippen molar-refractivity contribution in [3.63, 3.8) is 0 Å². The van der Waals surface area contributed by atoms with Gasteiger partial charge in [-0.1, -0.05) is 29.5 Å². The standard InChI is InChI=1S/C20H15NO6S/c1-26-18(23)12-7-8-14(19(24)27-2)15(9-12)21-17(22)16-10-11-5-3-4-6-13(11)20(25)28-16/h3-10H,1-2H3,(H,21,22). The fourth-order valence-corrected chi connectivity index (χ4v) is 3.44. The molecule has 0 aliphatic rings. The van der Waals surface area contributed by atoms with E-state index in [0.29, 0.717) is 10.8 Å². The molecule has 3 aromatic rings. The minimum absolute atomic E-state index is 0.0663. The third kappa shape index (κ3) is 3.77. The first-order valence-electron chi connectivity index (χ1n) is 8.09. The second kappa shape index (κ2) is 8.01. The van der Waals surface area contributed by atoms with Crippen molar-refractivity contribution in [1.29, 1.82) is 0 Å². The smallest absolute Gasteiger partial charge is 0.339 e. The second-order valence-corrected chi connectivity index (χ2v) is 6.70. The van der Waals surface area contributed by atoms with Gasteiger partial charge in [0.15, 0.2) is 0 Å². The third-order valence-electron chi connectivity index (χ3n) is 3.99. The Balaban J connectivity index is 2.02. The van der Waals surface area contributed by atoms with Gasteiger partial charge in [-0.3, -0.25) is 9.59 Å². The molecule has 0 fully saturated rings. The predicted octanol–water partition coefficient (Wildman–Crippen LogP) is 3.09. The molecule has 0 saturated heterocycles. The van der Waals surface area contributed by atoms with E-state index < -0.39 is 17.8 Å². The quantitative estimate of drug-likeness (QED) is 0.680. The molecule has 28 heavy (non-hydrogen) atoms. The highest BCUT2D eigenvalue weighted by Gasteiger charge is 2.19. The number of nitrogens with one attached hydrogen (secondary N) is 1. The van der Waals surface area contributed by atoms with Crippen molar-refractivity contribution in [2.45, 2.75) is 0 Å². The summed E-state index contributed by atoms with van der Waals surface area (Å²) in [5.41, 5.74) is 0.293. The number of rotatable bonds is 4. The molecule has 1 N–H and O–H groups in total. The Kier molecular flexibility index (Phi) is 5.51. The van der Waals surface area contributed by atoms with E-state index in [-0.39, 0.29) is 26.4 Å². The second-order valence-electron chi connectivity index (χ2n) is 5.68. The zero-order chi connectivity index (χ0) is 20.3. The lowest BCUT2D eigenvalue weighted by Gasteiger charge is -2.11. The minimum atomic E-state index is -0.682. The molecule has 0 radical (unpaired) electrons. The van der Waals surface area contributed by atoms with Gasteiger partial charge in [0.05, 0.1) is 35.9 Å². The van der Waals surface area contributed by atoms with Crippen LogP contribution in [0, 0.1) is 0 Å². The van der Waals surface area contributed by atoms with Crippen LogP contribution in [0.5, 0.6) is 0 Å². The van der Waals surface area contributed by atoms with Crippen molar-refractivity contribution >= 4 is 45.6 Å². The maximum absolute atomic E-state index is 12.7. The van der Waals surface area contributed by atoms with Crippen molar-refractivity contribution in [1.82, 2.24) is 0 Å². The first-order chi connectivity index (χ1) is 13.4. The van der Waals surface area contributed by atoms with Gasteiger partial charge in [-0.05, 0) is 35.7 Å². The summed E-state index contributed by atoms with van der Waals surface area (Å²) in [6.07, 6.45) is 0. The first-order valence-corrected chi connectivity index (χ1v) is 8.91. The molecule has 1 amide bonds. The average molecular weight is 397 g/mol. The van der Waals surface area contributed by atoms with Gasteiger partial charge in [-0.2, -0.15) is 0 Å². The third-order valence-corrected chi connectivity index (χ3v) is 4.92. The Bertz CT molecular complexity index is 1150. The van der Waals surface area contributed by atoms with E-state index >= 15 is 0 Å². The van der Waals surface area contributed by atoms with Crippen molar-refractivity contribution < 1.29 is 23.9 Å². The van der Waals surface area contributed by atoms with Crippen molar-refractivity contribution in [3.05, 3.63) is 74.1 Å². The molecular weight excluding hydrogens is 382 g/mol. The van der Waals surface area contributed by atoms with Gasteiger partial charge in [0.2, 0.25) is 4.74 Å². The van der Waals surface area contributed by atoms with Crippen LogP contribution in [0.3, 0.4) is 0 Å². The Labute approximate surface area is 163 Å². The molecule has 0 spiro atoms. The number of esters is 2. The highest BCUT2D eigenvalue weighted by molar-refractivity contribution is 7.12. The molecule has 0 aliphatic heterocycles. The summed E-state index contributed by atoms with van der Waals surface area (Å²) in [6, 6.07) is 12.6. The van der Waals surface area contributed by atoms with Gasteiger partial charge in [0, 0.05) is 5.39 Å². The summed E-state index contributed by atoms with van der Waals surface area (Å²) in [5.74, 6) is -1.89.